The summed E-state index contributed by atoms with van der Waals surface area (Å²) in [6, 6.07) is 7.61. The van der Waals surface area contributed by atoms with Crippen LogP contribution in [0.4, 0.5) is 0 Å². The van der Waals surface area contributed by atoms with Gasteiger partial charge in [-0.15, -0.1) is 6.58 Å². The number of nitrogens with zero attached hydrogens (tertiary/aromatic N) is 1. The Bertz CT molecular complexity index is 668. The van der Waals surface area contributed by atoms with Gasteiger partial charge in [0.2, 0.25) is 0 Å². The van der Waals surface area contributed by atoms with E-state index < -0.39 is 18.1 Å². The zero-order valence-corrected chi connectivity index (χ0v) is 15.9. The van der Waals surface area contributed by atoms with Crippen LogP contribution in [0.5, 0.6) is 0 Å². The topological polar surface area (TPSA) is 118 Å². The molecule has 0 saturated carbocycles. The van der Waals surface area contributed by atoms with Crippen molar-refractivity contribution in [1.29, 1.82) is 5.26 Å². The van der Waals surface area contributed by atoms with Crippen molar-refractivity contribution < 1.29 is 28.9 Å². The van der Waals surface area contributed by atoms with E-state index in [0.29, 0.717) is 30.8 Å². The minimum Gasteiger partial charge on any atom is -0.481 e. The smallest absolute Gasteiger partial charge is 0.303 e. The largest absolute Gasteiger partial charge is 0.481 e. The number of nitrogens with one attached hydrogen (secondary N) is 1. The van der Waals surface area contributed by atoms with Gasteiger partial charge in [0.05, 0.1) is 37.0 Å². The number of benzene rings is 1. The fourth-order valence-electron chi connectivity index (χ4n) is 2.43. The molecule has 0 heterocycles. The van der Waals surface area contributed by atoms with Crippen LogP contribution in [-0.4, -0.2) is 56.2 Å². The summed E-state index contributed by atoms with van der Waals surface area (Å²) < 4.78 is 15.9. The van der Waals surface area contributed by atoms with Gasteiger partial charge < -0.3 is 24.6 Å². The molecule has 152 valence electrons. The quantitative estimate of drug-likeness (QED) is 0.284. The standard InChI is InChI=1S/C20H26N2O6/c1-3-4-18(28-14-27-12-11-26-2)17(9-10-19(23)24)22-20(25)16-7-5-15(13-21)6-8-16/h3,5-8,17-18H,1,4,9-12,14H2,2H3,(H,22,25)(H,23,24). The van der Waals surface area contributed by atoms with Crippen LogP contribution in [0.2, 0.25) is 0 Å². The molecule has 0 aliphatic rings. The zero-order valence-electron chi connectivity index (χ0n) is 15.9. The first-order chi connectivity index (χ1) is 13.5. The number of hydrogen-bond acceptors (Lipinski definition) is 6. The molecular weight excluding hydrogens is 364 g/mol. The summed E-state index contributed by atoms with van der Waals surface area (Å²) in [5, 5.41) is 20.7. The molecule has 2 unspecified atom stereocenters. The number of nitriles is 1. The molecule has 0 radical (unpaired) electrons. The van der Waals surface area contributed by atoms with Crippen LogP contribution in [0.25, 0.3) is 0 Å². The Morgan fingerprint density at radius 1 is 1.32 bits per heavy atom. The van der Waals surface area contributed by atoms with E-state index in [4.69, 9.17) is 24.6 Å². The lowest BCUT2D eigenvalue weighted by molar-refractivity contribution is -0.137. The maximum atomic E-state index is 12.6. The molecule has 0 spiro atoms. The molecule has 8 heteroatoms. The Balaban J connectivity index is 2.80. The summed E-state index contributed by atoms with van der Waals surface area (Å²) in [7, 11) is 1.56. The van der Waals surface area contributed by atoms with Crippen LogP contribution in [0.1, 0.15) is 35.2 Å². The molecule has 28 heavy (non-hydrogen) atoms. The minimum absolute atomic E-state index is 0.0157. The number of ether oxygens (including phenoxy) is 3. The first-order valence-corrected chi connectivity index (χ1v) is 8.83. The van der Waals surface area contributed by atoms with Crippen molar-refractivity contribution in [3.05, 3.63) is 48.0 Å². The lowest BCUT2D eigenvalue weighted by Crippen LogP contribution is -2.45. The van der Waals surface area contributed by atoms with Crippen LogP contribution in [0, 0.1) is 11.3 Å². The van der Waals surface area contributed by atoms with Crippen molar-refractivity contribution in [2.75, 3.05) is 27.1 Å². The highest BCUT2D eigenvalue weighted by Crippen LogP contribution is 2.13. The number of rotatable bonds is 14. The van der Waals surface area contributed by atoms with Crippen molar-refractivity contribution in [3.63, 3.8) is 0 Å². The predicted molar refractivity (Wildman–Crippen MR) is 102 cm³/mol. The highest BCUT2D eigenvalue weighted by molar-refractivity contribution is 5.94. The Hall–Kier alpha value is -2.73. The summed E-state index contributed by atoms with van der Waals surface area (Å²) in [5.41, 5.74) is 0.813. The molecule has 0 fully saturated rings. The molecule has 0 aliphatic heterocycles. The summed E-state index contributed by atoms with van der Waals surface area (Å²) in [5.74, 6) is -1.34. The van der Waals surface area contributed by atoms with Gasteiger partial charge in [0.15, 0.2) is 0 Å². The van der Waals surface area contributed by atoms with Crippen molar-refractivity contribution in [1.82, 2.24) is 5.32 Å². The van der Waals surface area contributed by atoms with Gasteiger partial charge in [0, 0.05) is 19.1 Å². The van der Waals surface area contributed by atoms with Crippen LogP contribution in [-0.2, 0) is 19.0 Å². The first-order valence-electron chi connectivity index (χ1n) is 8.83. The normalized spacial score (nSPS) is 12.6. The number of carboxylic acid groups (broad SMARTS) is 1. The molecule has 1 aromatic carbocycles. The summed E-state index contributed by atoms with van der Waals surface area (Å²) in [6.07, 6.45) is 1.61. The monoisotopic (exact) mass is 390 g/mol. The number of carbonyl (C=O) groups is 2. The average molecular weight is 390 g/mol. The van der Waals surface area contributed by atoms with Crippen molar-refractivity contribution in [2.45, 2.75) is 31.4 Å². The van der Waals surface area contributed by atoms with Gasteiger partial charge in [-0.05, 0) is 37.1 Å². The van der Waals surface area contributed by atoms with Crippen LogP contribution in [0.3, 0.4) is 0 Å². The number of carbonyl (C=O) groups excluding carboxylic acids is 1. The second-order valence-electron chi connectivity index (χ2n) is 5.95. The van der Waals surface area contributed by atoms with Crippen molar-refractivity contribution in [2.24, 2.45) is 0 Å². The number of carboxylic acids is 1. The second-order valence-corrected chi connectivity index (χ2v) is 5.95. The summed E-state index contributed by atoms with van der Waals surface area (Å²) in [4.78, 5) is 23.6. The van der Waals surface area contributed by atoms with Crippen molar-refractivity contribution in [3.8, 4) is 6.07 Å². The Morgan fingerprint density at radius 3 is 2.61 bits per heavy atom. The molecule has 0 aliphatic carbocycles. The second kappa shape index (κ2) is 13.4. The van der Waals surface area contributed by atoms with Gasteiger partial charge in [-0.1, -0.05) is 6.08 Å². The van der Waals surface area contributed by atoms with E-state index in [9.17, 15) is 9.59 Å². The first kappa shape index (κ1) is 23.3. The molecule has 0 bridgehead atoms. The van der Waals surface area contributed by atoms with Gasteiger partial charge in [-0.2, -0.15) is 5.26 Å². The fraction of sp³-hybridized carbons (Fsp3) is 0.450. The van der Waals surface area contributed by atoms with E-state index in [2.05, 4.69) is 11.9 Å². The Kier molecular flexibility index (Phi) is 11.2. The van der Waals surface area contributed by atoms with Gasteiger partial charge in [0.25, 0.3) is 5.91 Å². The number of aliphatic carboxylic acids is 1. The number of amides is 1. The summed E-state index contributed by atoms with van der Waals surface area (Å²) >= 11 is 0. The molecule has 2 N–H and O–H groups in total. The third-order valence-electron chi connectivity index (χ3n) is 3.91. The third-order valence-corrected chi connectivity index (χ3v) is 3.91. The Labute approximate surface area is 164 Å². The highest BCUT2D eigenvalue weighted by atomic mass is 16.7. The molecular formula is C20H26N2O6. The number of methoxy groups -OCH3 is 1. The molecule has 2 atom stereocenters. The van der Waals surface area contributed by atoms with Crippen molar-refractivity contribution >= 4 is 11.9 Å². The van der Waals surface area contributed by atoms with Crippen LogP contribution >= 0.6 is 0 Å². The van der Waals surface area contributed by atoms with E-state index in [-0.39, 0.29) is 25.5 Å². The van der Waals surface area contributed by atoms with E-state index in [1.54, 1.807) is 37.5 Å². The third kappa shape index (κ3) is 8.77. The van der Waals surface area contributed by atoms with E-state index in [1.165, 1.54) is 0 Å². The van der Waals surface area contributed by atoms with Gasteiger partial charge in [-0.25, -0.2) is 0 Å². The van der Waals surface area contributed by atoms with E-state index >= 15 is 0 Å². The van der Waals surface area contributed by atoms with Gasteiger partial charge in [0.1, 0.15) is 6.79 Å². The minimum atomic E-state index is -0.966. The zero-order chi connectivity index (χ0) is 20.8. The van der Waals surface area contributed by atoms with E-state index in [1.807, 2.05) is 6.07 Å². The maximum absolute atomic E-state index is 12.6. The van der Waals surface area contributed by atoms with Crippen LogP contribution < -0.4 is 5.32 Å². The fourth-order valence-corrected chi connectivity index (χ4v) is 2.43. The lowest BCUT2D eigenvalue weighted by Gasteiger charge is -2.27. The van der Waals surface area contributed by atoms with Crippen LogP contribution in [0.15, 0.2) is 36.9 Å². The molecule has 8 nitrogen and oxygen atoms in total. The number of hydrogen-bond donors (Lipinski definition) is 2. The Morgan fingerprint density at radius 2 is 2.04 bits per heavy atom. The average Bonchev–Trinajstić information content (AvgIpc) is 2.70. The van der Waals surface area contributed by atoms with E-state index in [0.717, 1.165) is 0 Å². The molecule has 0 aromatic heterocycles. The molecule has 1 aromatic rings. The molecule has 1 rings (SSSR count). The lowest BCUT2D eigenvalue weighted by atomic mass is 10.0. The summed E-state index contributed by atoms with van der Waals surface area (Å²) in [6.45, 7) is 4.46. The van der Waals surface area contributed by atoms with Gasteiger partial charge in [-0.3, -0.25) is 9.59 Å². The SMILES string of the molecule is C=CCC(OCOCCOC)C(CCC(=O)O)NC(=O)c1ccc(C#N)cc1. The van der Waals surface area contributed by atoms with Gasteiger partial charge >= 0.3 is 5.97 Å². The maximum Gasteiger partial charge on any atom is 0.303 e. The highest BCUT2D eigenvalue weighted by Gasteiger charge is 2.24. The predicted octanol–water partition coefficient (Wildman–Crippen LogP) is 2.10. The molecule has 1 amide bonds. The molecule has 0 saturated heterocycles.